The molecule has 0 saturated carbocycles. The fourth-order valence-corrected chi connectivity index (χ4v) is 4.56. The first kappa shape index (κ1) is 20.2. The minimum absolute atomic E-state index is 0. The summed E-state index contributed by atoms with van der Waals surface area (Å²) in [6, 6.07) is 6.17. The average Bonchev–Trinajstić information content (AvgIpc) is 2.84. The quantitative estimate of drug-likeness (QED) is 0.410. The Morgan fingerprint density at radius 3 is 2.39 bits per heavy atom. The van der Waals surface area contributed by atoms with E-state index < -0.39 is 9.84 Å². The zero-order valence-electron chi connectivity index (χ0n) is 13.7. The standard InChI is InChI=1S/C16H25N3O2S.HI/c1-3-12-7-5-8-13(4-2)15(12)19-16(17)18-11-14-9-6-10-22(14,20)21;/h5,7-8,14H,3-4,6,9-11H2,1-2H3,(H3,17,18,19);1H. The van der Waals surface area contributed by atoms with Gasteiger partial charge >= 0.3 is 0 Å². The van der Waals surface area contributed by atoms with Crippen LogP contribution >= 0.6 is 24.0 Å². The fraction of sp³-hybridized carbons (Fsp3) is 0.562. The van der Waals surface area contributed by atoms with Crippen molar-refractivity contribution in [3.63, 3.8) is 0 Å². The first-order valence-corrected chi connectivity index (χ1v) is 9.58. The maximum absolute atomic E-state index is 11.8. The lowest BCUT2D eigenvalue weighted by atomic mass is 10.0. The zero-order valence-corrected chi connectivity index (χ0v) is 16.9. The Hall–Kier alpha value is -0.830. The third kappa shape index (κ3) is 5.07. The van der Waals surface area contributed by atoms with Crippen LogP contribution < -0.4 is 11.1 Å². The summed E-state index contributed by atoms with van der Waals surface area (Å²) in [6.07, 6.45) is 3.22. The van der Waals surface area contributed by atoms with E-state index in [0.717, 1.165) is 24.9 Å². The molecule has 0 aliphatic carbocycles. The molecule has 2 rings (SSSR count). The molecule has 1 aliphatic heterocycles. The highest BCUT2D eigenvalue weighted by atomic mass is 127. The fourth-order valence-electron chi connectivity index (χ4n) is 2.83. The van der Waals surface area contributed by atoms with Gasteiger partial charge in [-0.15, -0.1) is 24.0 Å². The van der Waals surface area contributed by atoms with Gasteiger partial charge in [-0.05, 0) is 36.8 Å². The molecule has 7 heteroatoms. The Kier molecular flexibility index (Phi) is 7.79. The number of nitrogens with zero attached hydrogens (tertiary/aromatic N) is 1. The molecule has 1 heterocycles. The molecule has 0 aromatic heterocycles. The number of nitrogens with one attached hydrogen (secondary N) is 1. The molecule has 1 aromatic carbocycles. The number of benzene rings is 1. The molecule has 130 valence electrons. The number of rotatable bonds is 5. The Balaban J connectivity index is 0.00000264. The predicted octanol–water partition coefficient (Wildman–Crippen LogP) is 2.73. The average molecular weight is 451 g/mol. The van der Waals surface area contributed by atoms with Crippen molar-refractivity contribution in [2.45, 2.75) is 44.8 Å². The minimum Gasteiger partial charge on any atom is -0.370 e. The second kappa shape index (κ2) is 8.86. The molecule has 3 N–H and O–H groups in total. The van der Waals surface area contributed by atoms with E-state index in [2.05, 4.69) is 36.3 Å². The van der Waals surface area contributed by atoms with Gasteiger partial charge < -0.3 is 11.1 Å². The van der Waals surface area contributed by atoms with E-state index in [1.165, 1.54) is 11.1 Å². The van der Waals surface area contributed by atoms with E-state index in [0.29, 0.717) is 6.42 Å². The van der Waals surface area contributed by atoms with Gasteiger partial charge in [-0.25, -0.2) is 8.42 Å². The smallest absolute Gasteiger partial charge is 0.193 e. The maximum Gasteiger partial charge on any atom is 0.193 e. The summed E-state index contributed by atoms with van der Waals surface area (Å²) in [4.78, 5) is 4.25. The van der Waals surface area contributed by atoms with E-state index in [1.54, 1.807) is 0 Å². The first-order valence-electron chi connectivity index (χ1n) is 7.87. The van der Waals surface area contributed by atoms with Crippen molar-refractivity contribution in [3.05, 3.63) is 29.3 Å². The van der Waals surface area contributed by atoms with Crippen LogP contribution in [0.1, 0.15) is 37.8 Å². The zero-order chi connectivity index (χ0) is 16.2. The van der Waals surface area contributed by atoms with Gasteiger partial charge in [0.05, 0.1) is 17.5 Å². The van der Waals surface area contributed by atoms with Gasteiger partial charge in [-0.3, -0.25) is 4.99 Å². The first-order chi connectivity index (χ1) is 10.5. The predicted molar refractivity (Wildman–Crippen MR) is 108 cm³/mol. The number of aliphatic imine (C=N–C) groups is 1. The van der Waals surface area contributed by atoms with Crippen LogP contribution in [0.15, 0.2) is 23.2 Å². The summed E-state index contributed by atoms with van der Waals surface area (Å²) in [5, 5.41) is 2.79. The molecule has 1 aliphatic rings. The number of anilines is 1. The normalized spacial score (nSPS) is 20.1. The van der Waals surface area contributed by atoms with Crippen molar-refractivity contribution < 1.29 is 8.42 Å². The van der Waals surface area contributed by atoms with Gasteiger partial charge in [0, 0.05) is 5.69 Å². The van der Waals surface area contributed by atoms with Gasteiger partial charge in [0.2, 0.25) is 0 Å². The van der Waals surface area contributed by atoms with Crippen molar-refractivity contribution in [1.29, 1.82) is 0 Å². The molecular weight excluding hydrogens is 425 g/mol. The van der Waals surface area contributed by atoms with Crippen LogP contribution in [0.4, 0.5) is 5.69 Å². The lowest BCUT2D eigenvalue weighted by Crippen LogP contribution is -2.27. The minimum atomic E-state index is -2.97. The van der Waals surface area contributed by atoms with E-state index in [1.807, 2.05) is 6.07 Å². The van der Waals surface area contributed by atoms with Crippen LogP contribution in [0.2, 0.25) is 0 Å². The summed E-state index contributed by atoms with van der Waals surface area (Å²) in [6.45, 7) is 4.44. The number of hydrogen-bond acceptors (Lipinski definition) is 3. The molecule has 23 heavy (non-hydrogen) atoms. The Labute approximate surface area is 156 Å². The Morgan fingerprint density at radius 1 is 1.30 bits per heavy atom. The molecular formula is C16H26IN3O2S. The second-order valence-corrected chi connectivity index (χ2v) is 8.04. The Bertz CT molecular complexity index is 637. The third-order valence-electron chi connectivity index (χ3n) is 4.18. The van der Waals surface area contributed by atoms with Crippen LogP contribution in [-0.2, 0) is 22.7 Å². The van der Waals surface area contributed by atoms with Gasteiger partial charge in [0.25, 0.3) is 0 Å². The van der Waals surface area contributed by atoms with Gasteiger partial charge in [-0.2, -0.15) is 0 Å². The number of halogens is 1. The van der Waals surface area contributed by atoms with E-state index in [4.69, 9.17) is 5.73 Å². The third-order valence-corrected chi connectivity index (χ3v) is 6.44. The maximum atomic E-state index is 11.8. The van der Waals surface area contributed by atoms with Crippen molar-refractivity contribution >= 4 is 45.5 Å². The molecule has 1 saturated heterocycles. The highest BCUT2D eigenvalue weighted by Crippen LogP contribution is 2.23. The number of para-hydroxylation sites is 1. The summed E-state index contributed by atoms with van der Waals surface area (Å²) < 4.78 is 23.6. The van der Waals surface area contributed by atoms with Crippen LogP contribution in [0.25, 0.3) is 0 Å². The Morgan fingerprint density at radius 2 is 1.91 bits per heavy atom. The van der Waals surface area contributed by atoms with E-state index in [-0.39, 0.29) is 47.5 Å². The van der Waals surface area contributed by atoms with Crippen LogP contribution in [0, 0.1) is 0 Å². The second-order valence-electron chi connectivity index (χ2n) is 5.64. The number of hydrogen-bond donors (Lipinski definition) is 2. The van der Waals surface area contributed by atoms with Crippen molar-refractivity contribution in [3.8, 4) is 0 Å². The lowest BCUT2D eigenvalue weighted by molar-refractivity contribution is 0.590. The number of aryl methyl sites for hydroxylation is 2. The van der Waals surface area contributed by atoms with Crippen LogP contribution in [0.3, 0.4) is 0 Å². The van der Waals surface area contributed by atoms with Crippen molar-refractivity contribution in [2.75, 3.05) is 17.6 Å². The molecule has 1 unspecified atom stereocenters. The highest BCUT2D eigenvalue weighted by Gasteiger charge is 2.30. The van der Waals surface area contributed by atoms with E-state index in [9.17, 15) is 8.42 Å². The summed E-state index contributed by atoms with van der Waals surface area (Å²) >= 11 is 0. The molecule has 0 radical (unpaired) electrons. The molecule has 0 bridgehead atoms. The molecule has 0 spiro atoms. The number of guanidine groups is 1. The molecule has 5 nitrogen and oxygen atoms in total. The monoisotopic (exact) mass is 451 g/mol. The molecule has 1 aromatic rings. The number of sulfone groups is 1. The SMILES string of the molecule is CCc1cccc(CC)c1NC(N)=NCC1CCCS1(=O)=O.I. The van der Waals surface area contributed by atoms with E-state index >= 15 is 0 Å². The largest absolute Gasteiger partial charge is 0.370 e. The van der Waals surface area contributed by atoms with Gasteiger partial charge in [0.15, 0.2) is 15.8 Å². The van der Waals surface area contributed by atoms with Gasteiger partial charge in [0.1, 0.15) is 0 Å². The summed E-state index contributed by atoms with van der Waals surface area (Å²) in [5.74, 6) is 0.566. The number of nitrogens with two attached hydrogens (primary N) is 1. The summed E-state index contributed by atoms with van der Waals surface area (Å²) in [5.41, 5.74) is 9.34. The molecule has 0 amide bonds. The van der Waals surface area contributed by atoms with Crippen LogP contribution in [-0.4, -0.2) is 31.9 Å². The van der Waals surface area contributed by atoms with Crippen molar-refractivity contribution in [2.24, 2.45) is 10.7 Å². The van der Waals surface area contributed by atoms with Crippen LogP contribution in [0.5, 0.6) is 0 Å². The highest BCUT2D eigenvalue weighted by molar-refractivity contribution is 14.0. The van der Waals surface area contributed by atoms with Gasteiger partial charge in [-0.1, -0.05) is 32.0 Å². The van der Waals surface area contributed by atoms with Crippen molar-refractivity contribution in [1.82, 2.24) is 0 Å². The summed E-state index contributed by atoms with van der Waals surface area (Å²) in [7, 11) is -2.97. The topological polar surface area (TPSA) is 84.5 Å². The molecule has 1 atom stereocenters. The lowest BCUT2D eigenvalue weighted by Gasteiger charge is -2.15. The molecule has 1 fully saturated rings.